The summed E-state index contributed by atoms with van der Waals surface area (Å²) in [5.41, 5.74) is 1.30. The van der Waals surface area contributed by atoms with Crippen molar-refractivity contribution in [3.63, 3.8) is 0 Å². The van der Waals surface area contributed by atoms with Crippen LogP contribution in [0.1, 0.15) is 26.3 Å². The number of benzene rings is 1. The Morgan fingerprint density at radius 2 is 1.84 bits per heavy atom. The van der Waals surface area contributed by atoms with Gasteiger partial charge in [-0.15, -0.1) is 0 Å². The molecule has 0 unspecified atom stereocenters. The molecule has 25 heavy (non-hydrogen) atoms. The summed E-state index contributed by atoms with van der Waals surface area (Å²) in [6, 6.07) is 6.78. The van der Waals surface area contributed by atoms with Gasteiger partial charge in [-0.25, -0.2) is 0 Å². The fourth-order valence-electron chi connectivity index (χ4n) is 2.66. The number of nitriles is 1. The van der Waals surface area contributed by atoms with Crippen molar-refractivity contribution in [2.45, 2.75) is 26.8 Å². The lowest BCUT2D eigenvalue weighted by Gasteiger charge is -2.30. The highest BCUT2D eigenvalue weighted by molar-refractivity contribution is 6.19. The number of carbonyl (C=O) groups excluding carboxylic acids is 2. The fraction of sp³-hybridized carbons (Fsp3) is 0.316. The maximum Gasteiger partial charge on any atom is 0.271 e. The molecular formula is C19H20N2O4. The minimum atomic E-state index is -0.557. The summed E-state index contributed by atoms with van der Waals surface area (Å²) in [6.07, 6.45) is 1.63. The summed E-state index contributed by atoms with van der Waals surface area (Å²) in [6.45, 7) is 5.07. The average molecular weight is 340 g/mol. The topological polar surface area (TPSA) is 79.6 Å². The third-order valence-corrected chi connectivity index (χ3v) is 4.03. The number of imide groups is 1. The maximum atomic E-state index is 12.8. The van der Waals surface area contributed by atoms with Crippen LogP contribution in [0.4, 0.5) is 0 Å². The van der Waals surface area contributed by atoms with E-state index < -0.39 is 11.8 Å². The van der Waals surface area contributed by atoms with Gasteiger partial charge in [0.1, 0.15) is 23.1 Å². The largest absolute Gasteiger partial charge is 0.497 e. The van der Waals surface area contributed by atoms with Crippen molar-refractivity contribution in [1.82, 2.24) is 4.90 Å². The van der Waals surface area contributed by atoms with Crippen molar-refractivity contribution in [2.24, 2.45) is 0 Å². The highest BCUT2D eigenvalue weighted by Gasteiger charge is 2.36. The lowest BCUT2D eigenvalue weighted by molar-refractivity contribution is -0.142. The van der Waals surface area contributed by atoms with Crippen molar-refractivity contribution >= 4 is 17.9 Å². The second-order valence-electron chi connectivity index (χ2n) is 5.85. The average Bonchev–Trinajstić information content (AvgIpc) is 2.58. The molecular weight excluding hydrogens is 320 g/mol. The molecule has 0 fully saturated rings. The summed E-state index contributed by atoms with van der Waals surface area (Å²) in [7, 11) is 3.07. The molecule has 0 aliphatic carbocycles. The van der Waals surface area contributed by atoms with Gasteiger partial charge >= 0.3 is 0 Å². The molecule has 1 aromatic rings. The van der Waals surface area contributed by atoms with Crippen LogP contribution in [0.3, 0.4) is 0 Å². The highest BCUT2D eigenvalue weighted by atomic mass is 16.5. The zero-order valence-electron chi connectivity index (χ0n) is 14.9. The SMILES string of the molecule is COc1ccc(/C=C2/C(=O)N(C(C)C)C(=O)C(C#N)=C2C)c(OC)c1. The molecule has 6 nitrogen and oxygen atoms in total. The monoisotopic (exact) mass is 340 g/mol. The van der Waals surface area contributed by atoms with Crippen LogP contribution in [0.25, 0.3) is 6.08 Å². The molecule has 2 amide bonds. The molecule has 0 saturated carbocycles. The molecule has 6 heteroatoms. The molecule has 1 heterocycles. The lowest BCUT2D eigenvalue weighted by atomic mass is 9.92. The van der Waals surface area contributed by atoms with Crippen LogP contribution in [-0.2, 0) is 9.59 Å². The molecule has 0 aromatic heterocycles. The molecule has 0 atom stereocenters. The first-order chi connectivity index (χ1) is 11.8. The van der Waals surface area contributed by atoms with Gasteiger partial charge in [0.15, 0.2) is 0 Å². The molecule has 0 N–H and O–H groups in total. The van der Waals surface area contributed by atoms with Crippen LogP contribution >= 0.6 is 0 Å². The molecule has 0 radical (unpaired) electrons. The normalized spacial score (nSPS) is 16.5. The first-order valence-electron chi connectivity index (χ1n) is 7.78. The van der Waals surface area contributed by atoms with Crippen LogP contribution in [0, 0.1) is 11.3 Å². The van der Waals surface area contributed by atoms with E-state index in [2.05, 4.69) is 0 Å². The summed E-state index contributed by atoms with van der Waals surface area (Å²) in [5, 5.41) is 9.34. The Morgan fingerprint density at radius 3 is 2.36 bits per heavy atom. The van der Waals surface area contributed by atoms with E-state index >= 15 is 0 Å². The second-order valence-corrected chi connectivity index (χ2v) is 5.85. The number of hydrogen-bond donors (Lipinski definition) is 0. The van der Waals surface area contributed by atoms with Gasteiger partial charge in [0.25, 0.3) is 11.8 Å². The first kappa shape index (κ1) is 18.3. The molecule has 1 aliphatic heterocycles. The van der Waals surface area contributed by atoms with Crippen molar-refractivity contribution in [3.8, 4) is 17.6 Å². The fourth-order valence-corrected chi connectivity index (χ4v) is 2.66. The maximum absolute atomic E-state index is 12.8. The van der Waals surface area contributed by atoms with Crippen molar-refractivity contribution < 1.29 is 19.1 Å². The third kappa shape index (κ3) is 3.26. The minimum absolute atomic E-state index is 0.0213. The van der Waals surface area contributed by atoms with Crippen LogP contribution < -0.4 is 9.47 Å². The van der Waals surface area contributed by atoms with E-state index in [4.69, 9.17) is 9.47 Å². The zero-order chi connectivity index (χ0) is 18.7. The third-order valence-electron chi connectivity index (χ3n) is 4.03. The van der Waals surface area contributed by atoms with Gasteiger partial charge in [0.2, 0.25) is 0 Å². The van der Waals surface area contributed by atoms with Gasteiger partial charge < -0.3 is 9.47 Å². The number of nitrogens with zero attached hydrogens (tertiary/aromatic N) is 2. The first-order valence-corrected chi connectivity index (χ1v) is 7.78. The smallest absolute Gasteiger partial charge is 0.271 e. The quantitative estimate of drug-likeness (QED) is 0.622. The zero-order valence-corrected chi connectivity index (χ0v) is 14.9. The lowest BCUT2D eigenvalue weighted by Crippen LogP contribution is -2.46. The van der Waals surface area contributed by atoms with Gasteiger partial charge in [-0.1, -0.05) is 0 Å². The van der Waals surface area contributed by atoms with E-state index in [0.717, 1.165) is 4.90 Å². The molecule has 2 rings (SSSR count). The summed E-state index contributed by atoms with van der Waals surface area (Å²) >= 11 is 0. The Kier molecular flexibility index (Phi) is 5.28. The molecule has 0 bridgehead atoms. The van der Waals surface area contributed by atoms with Crippen LogP contribution in [0.2, 0.25) is 0 Å². The van der Waals surface area contributed by atoms with Gasteiger partial charge in [-0.3, -0.25) is 14.5 Å². The van der Waals surface area contributed by atoms with Crippen LogP contribution in [0.5, 0.6) is 11.5 Å². The Labute approximate surface area is 146 Å². The summed E-state index contributed by atoms with van der Waals surface area (Å²) in [4.78, 5) is 26.3. The second kappa shape index (κ2) is 7.22. The van der Waals surface area contributed by atoms with E-state index in [-0.39, 0.29) is 11.6 Å². The van der Waals surface area contributed by atoms with E-state index in [1.54, 1.807) is 52.2 Å². The van der Waals surface area contributed by atoms with Gasteiger partial charge in [-0.05, 0) is 44.6 Å². The van der Waals surface area contributed by atoms with Crippen LogP contribution in [0.15, 0.2) is 34.9 Å². The Hall–Kier alpha value is -3.07. The Bertz CT molecular complexity index is 828. The van der Waals surface area contributed by atoms with Crippen molar-refractivity contribution in [2.75, 3.05) is 14.2 Å². The number of rotatable bonds is 4. The van der Waals surface area contributed by atoms with Gasteiger partial charge in [0, 0.05) is 23.2 Å². The molecule has 0 saturated heterocycles. The molecule has 1 aliphatic rings. The van der Waals surface area contributed by atoms with E-state index in [1.807, 2.05) is 6.07 Å². The predicted molar refractivity (Wildman–Crippen MR) is 92.8 cm³/mol. The minimum Gasteiger partial charge on any atom is -0.497 e. The summed E-state index contributed by atoms with van der Waals surface area (Å²) in [5.74, 6) is 0.171. The molecule has 130 valence electrons. The number of methoxy groups -OCH3 is 2. The standard InChI is InChI=1S/C19H20N2O4/c1-11(2)21-18(22)15(12(3)16(10-20)19(21)23)8-13-6-7-14(24-4)9-17(13)25-5/h6-9,11H,1-5H3/b15-8+. The number of hydrogen-bond acceptors (Lipinski definition) is 5. The van der Waals surface area contributed by atoms with Gasteiger partial charge in [-0.2, -0.15) is 5.26 Å². The van der Waals surface area contributed by atoms with Crippen molar-refractivity contribution in [3.05, 3.63) is 40.5 Å². The summed E-state index contributed by atoms with van der Waals surface area (Å²) < 4.78 is 10.5. The Balaban J connectivity index is 2.65. The van der Waals surface area contributed by atoms with E-state index in [0.29, 0.717) is 28.2 Å². The number of ether oxygens (including phenoxy) is 2. The number of carbonyl (C=O) groups is 2. The molecule has 1 aromatic carbocycles. The van der Waals surface area contributed by atoms with E-state index in [1.165, 1.54) is 7.11 Å². The van der Waals surface area contributed by atoms with Gasteiger partial charge in [0.05, 0.1) is 14.2 Å². The van der Waals surface area contributed by atoms with Crippen LogP contribution in [-0.4, -0.2) is 37.0 Å². The predicted octanol–water partition coefficient (Wildman–Crippen LogP) is 2.70. The highest BCUT2D eigenvalue weighted by Crippen LogP contribution is 2.32. The Morgan fingerprint density at radius 1 is 1.16 bits per heavy atom. The van der Waals surface area contributed by atoms with E-state index in [9.17, 15) is 14.9 Å². The van der Waals surface area contributed by atoms with Crippen molar-refractivity contribution in [1.29, 1.82) is 5.26 Å². The molecule has 0 spiro atoms. The number of amides is 2.